The first-order valence-corrected chi connectivity index (χ1v) is 8.70. The molecule has 1 aliphatic rings. The highest BCUT2D eigenvalue weighted by atomic mass is 16.7. The van der Waals surface area contributed by atoms with Crippen molar-refractivity contribution < 1.29 is 14.4 Å². The Morgan fingerprint density at radius 3 is 2.38 bits per heavy atom. The molecule has 0 unspecified atom stereocenters. The topological polar surface area (TPSA) is 50.7 Å². The average Bonchev–Trinajstić information content (AvgIpc) is 2.74. The van der Waals surface area contributed by atoms with Crippen LogP contribution in [0, 0.1) is 0 Å². The standard InChI is InChI=1S/C19H30BNO3/c1-18(2)19(3,4)24-20(23-18)17(14-21-5)13-16-10-7-6-9-15(16)11-8-12-22/h6-7,9-10,13,21-22H,8,11-12,14H2,1-5H3. The van der Waals surface area contributed by atoms with Gasteiger partial charge in [-0.15, -0.1) is 0 Å². The zero-order valence-electron chi connectivity index (χ0n) is 15.6. The van der Waals surface area contributed by atoms with Gasteiger partial charge in [0, 0.05) is 13.2 Å². The van der Waals surface area contributed by atoms with Crippen LogP contribution < -0.4 is 5.32 Å². The van der Waals surface area contributed by atoms with E-state index in [4.69, 9.17) is 14.4 Å². The van der Waals surface area contributed by atoms with Gasteiger partial charge in [-0.2, -0.15) is 0 Å². The van der Waals surface area contributed by atoms with Gasteiger partial charge in [-0.25, -0.2) is 0 Å². The van der Waals surface area contributed by atoms with Gasteiger partial charge < -0.3 is 19.7 Å². The Bertz CT molecular complexity index is 568. The highest BCUT2D eigenvalue weighted by Gasteiger charge is 2.52. The number of nitrogens with one attached hydrogen (secondary N) is 1. The van der Waals surface area contributed by atoms with Crippen molar-refractivity contribution in [3.63, 3.8) is 0 Å². The number of hydrogen-bond donors (Lipinski definition) is 2. The number of likely N-dealkylation sites (N-methyl/N-ethyl adjacent to an activating group) is 1. The van der Waals surface area contributed by atoms with Gasteiger partial charge in [-0.05, 0) is 64.2 Å². The minimum Gasteiger partial charge on any atom is -0.400 e. The van der Waals surface area contributed by atoms with Crippen LogP contribution in [0.2, 0.25) is 0 Å². The molecule has 5 heteroatoms. The monoisotopic (exact) mass is 331 g/mol. The summed E-state index contributed by atoms with van der Waals surface area (Å²) >= 11 is 0. The second-order valence-corrected chi connectivity index (χ2v) is 7.36. The van der Waals surface area contributed by atoms with E-state index in [0.29, 0.717) is 6.54 Å². The van der Waals surface area contributed by atoms with Crippen molar-refractivity contribution in [2.45, 2.75) is 51.7 Å². The Kier molecular flexibility index (Phi) is 6.26. The van der Waals surface area contributed by atoms with Crippen LogP contribution >= 0.6 is 0 Å². The summed E-state index contributed by atoms with van der Waals surface area (Å²) in [5, 5.41) is 12.3. The van der Waals surface area contributed by atoms with Crippen molar-refractivity contribution in [2.24, 2.45) is 0 Å². The molecule has 1 aromatic carbocycles. The maximum Gasteiger partial charge on any atom is 0.491 e. The van der Waals surface area contributed by atoms with Crippen molar-refractivity contribution >= 4 is 13.2 Å². The lowest BCUT2D eigenvalue weighted by atomic mass is 9.76. The first-order valence-electron chi connectivity index (χ1n) is 8.70. The van der Waals surface area contributed by atoms with Gasteiger partial charge in [-0.1, -0.05) is 30.3 Å². The number of rotatable bonds is 7. The third-order valence-corrected chi connectivity index (χ3v) is 4.94. The molecule has 1 aliphatic heterocycles. The normalized spacial score (nSPS) is 19.8. The lowest BCUT2D eigenvalue weighted by molar-refractivity contribution is 0.00578. The van der Waals surface area contributed by atoms with E-state index in [-0.39, 0.29) is 24.9 Å². The van der Waals surface area contributed by atoms with Crippen molar-refractivity contribution in [1.82, 2.24) is 5.32 Å². The van der Waals surface area contributed by atoms with E-state index >= 15 is 0 Å². The van der Waals surface area contributed by atoms with E-state index in [9.17, 15) is 0 Å². The first-order chi connectivity index (χ1) is 11.3. The molecule has 1 fully saturated rings. The zero-order valence-corrected chi connectivity index (χ0v) is 15.6. The summed E-state index contributed by atoms with van der Waals surface area (Å²) in [6.07, 6.45) is 3.79. The predicted octanol–water partition coefficient (Wildman–Crippen LogP) is 2.85. The number of aliphatic hydroxyl groups is 1. The Morgan fingerprint density at radius 2 is 1.79 bits per heavy atom. The molecule has 0 radical (unpaired) electrons. The lowest BCUT2D eigenvalue weighted by Gasteiger charge is -2.32. The summed E-state index contributed by atoms with van der Waals surface area (Å²) in [6.45, 7) is 9.18. The molecule has 2 rings (SSSR count). The maximum absolute atomic E-state index is 9.11. The number of benzene rings is 1. The molecule has 0 bridgehead atoms. The van der Waals surface area contributed by atoms with E-state index in [2.05, 4.69) is 51.2 Å². The molecule has 0 saturated carbocycles. The fraction of sp³-hybridized carbons (Fsp3) is 0.579. The molecule has 0 atom stereocenters. The third-order valence-electron chi connectivity index (χ3n) is 4.94. The van der Waals surface area contributed by atoms with Crippen LogP contribution in [0.5, 0.6) is 0 Å². The van der Waals surface area contributed by atoms with Gasteiger partial charge in [-0.3, -0.25) is 0 Å². The second-order valence-electron chi connectivity index (χ2n) is 7.36. The molecule has 24 heavy (non-hydrogen) atoms. The summed E-state index contributed by atoms with van der Waals surface area (Å²) in [6, 6.07) is 8.29. The molecule has 1 saturated heterocycles. The zero-order chi connectivity index (χ0) is 17.8. The molecule has 0 spiro atoms. The Labute approximate surface area is 146 Å². The molecule has 1 heterocycles. The number of hydrogen-bond acceptors (Lipinski definition) is 4. The van der Waals surface area contributed by atoms with Crippen molar-refractivity contribution in [3.8, 4) is 0 Å². The summed E-state index contributed by atoms with van der Waals surface area (Å²) in [5.74, 6) is 0. The fourth-order valence-corrected chi connectivity index (χ4v) is 2.77. The van der Waals surface area contributed by atoms with Gasteiger partial charge in [0.25, 0.3) is 0 Å². The van der Waals surface area contributed by atoms with Crippen molar-refractivity contribution in [1.29, 1.82) is 0 Å². The van der Waals surface area contributed by atoms with Gasteiger partial charge in [0.1, 0.15) is 0 Å². The molecular weight excluding hydrogens is 301 g/mol. The molecule has 0 amide bonds. The van der Waals surface area contributed by atoms with Gasteiger partial charge in [0.05, 0.1) is 11.2 Å². The largest absolute Gasteiger partial charge is 0.491 e. The molecule has 0 aliphatic carbocycles. The average molecular weight is 331 g/mol. The van der Waals surface area contributed by atoms with Crippen LogP contribution in [-0.2, 0) is 15.7 Å². The fourth-order valence-electron chi connectivity index (χ4n) is 2.77. The molecule has 4 nitrogen and oxygen atoms in total. The highest BCUT2D eigenvalue weighted by Crippen LogP contribution is 2.38. The number of aryl methyl sites for hydroxylation is 1. The third kappa shape index (κ3) is 4.28. The van der Waals surface area contributed by atoms with E-state index in [1.807, 2.05) is 19.2 Å². The van der Waals surface area contributed by atoms with Gasteiger partial charge >= 0.3 is 7.12 Å². The van der Waals surface area contributed by atoms with E-state index < -0.39 is 0 Å². The quantitative estimate of drug-likeness (QED) is 0.755. The van der Waals surface area contributed by atoms with E-state index in [0.717, 1.165) is 23.9 Å². The lowest BCUT2D eigenvalue weighted by Crippen LogP contribution is -2.41. The summed E-state index contributed by atoms with van der Waals surface area (Å²) in [4.78, 5) is 0. The van der Waals surface area contributed by atoms with Crippen LogP contribution in [0.15, 0.2) is 29.7 Å². The predicted molar refractivity (Wildman–Crippen MR) is 99.8 cm³/mol. The van der Waals surface area contributed by atoms with Gasteiger partial charge in [0.2, 0.25) is 0 Å². The second kappa shape index (κ2) is 7.83. The minimum absolute atomic E-state index is 0.207. The molecular formula is C19H30BNO3. The van der Waals surface area contributed by atoms with Crippen LogP contribution in [0.25, 0.3) is 6.08 Å². The van der Waals surface area contributed by atoms with Crippen LogP contribution in [0.3, 0.4) is 0 Å². The Hall–Kier alpha value is -1.14. The Morgan fingerprint density at radius 1 is 1.17 bits per heavy atom. The van der Waals surface area contributed by atoms with E-state index in [1.165, 1.54) is 5.56 Å². The molecule has 132 valence electrons. The minimum atomic E-state index is -0.353. The van der Waals surface area contributed by atoms with Crippen LogP contribution in [0.1, 0.15) is 45.2 Å². The first kappa shape index (κ1) is 19.2. The molecule has 0 aromatic heterocycles. The van der Waals surface area contributed by atoms with Crippen LogP contribution in [0.4, 0.5) is 0 Å². The SMILES string of the molecule is CNCC(=Cc1ccccc1CCCO)B1OC(C)(C)C(C)(C)O1. The Balaban J connectivity index is 2.30. The van der Waals surface area contributed by atoms with Gasteiger partial charge in [0.15, 0.2) is 0 Å². The number of aliphatic hydroxyl groups excluding tert-OH is 1. The van der Waals surface area contributed by atoms with Crippen molar-refractivity contribution in [2.75, 3.05) is 20.2 Å². The maximum atomic E-state index is 9.11. The van der Waals surface area contributed by atoms with Crippen molar-refractivity contribution in [3.05, 3.63) is 40.9 Å². The van der Waals surface area contributed by atoms with E-state index in [1.54, 1.807) is 0 Å². The summed E-state index contributed by atoms with van der Waals surface area (Å²) in [7, 11) is 1.57. The molecule has 1 aromatic rings. The summed E-state index contributed by atoms with van der Waals surface area (Å²) < 4.78 is 12.4. The highest BCUT2D eigenvalue weighted by molar-refractivity contribution is 6.55. The summed E-state index contributed by atoms with van der Waals surface area (Å²) in [5.41, 5.74) is 2.78. The smallest absolute Gasteiger partial charge is 0.400 e. The van der Waals surface area contributed by atoms with Crippen LogP contribution in [-0.4, -0.2) is 43.6 Å². The molecule has 2 N–H and O–H groups in total.